The minimum Gasteiger partial charge on any atom is -0.357 e. The molecule has 2 heterocycles. The number of amides is 1. The van der Waals surface area contributed by atoms with Crippen LogP contribution in [0.4, 0.5) is 10.3 Å². The number of likely N-dealkylation sites (tertiary alicyclic amines) is 1. The van der Waals surface area contributed by atoms with Gasteiger partial charge in [0.25, 0.3) is 0 Å². The van der Waals surface area contributed by atoms with Crippen LogP contribution in [0.25, 0.3) is 6.08 Å². The number of rotatable bonds is 7. The van der Waals surface area contributed by atoms with Crippen molar-refractivity contribution in [1.82, 2.24) is 15.1 Å². The second-order valence-corrected chi connectivity index (χ2v) is 8.30. The molecule has 1 aromatic heterocycles. The highest BCUT2D eigenvalue weighted by molar-refractivity contribution is 7.19. The number of nitrogens with zero attached hydrogens (tertiary/aromatic N) is 3. The summed E-state index contributed by atoms with van der Waals surface area (Å²) in [5, 5.41) is 15.7. The number of hydrogen-bond donors (Lipinski definition) is 2. The smallest absolute Gasteiger partial charge is 0.250 e. The number of piperidine rings is 1. The van der Waals surface area contributed by atoms with Crippen molar-refractivity contribution in [3.63, 3.8) is 0 Å². The van der Waals surface area contributed by atoms with E-state index >= 15 is 0 Å². The Labute approximate surface area is 180 Å². The lowest BCUT2D eigenvalue weighted by atomic mass is 10.0. The molecule has 0 radical (unpaired) electrons. The SMILES string of the molecule is O=C(C=Cc1ccccc1)Nc1nnc(NC2CCN(Cc3ccccc3)CC2)s1. The first kappa shape index (κ1) is 20.3. The van der Waals surface area contributed by atoms with Crippen molar-refractivity contribution in [2.75, 3.05) is 23.7 Å². The Morgan fingerprint density at radius 3 is 2.40 bits per heavy atom. The summed E-state index contributed by atoms with van der Waals surface area (Å²) in [7, 11) is 0. The van der Waals surface area contributed by atoms with Crippen molar-refractivity contribution in [3.05, 3.63) is 77.9 Å². The summed E-state index contributed by atoms with van der Waals surface area (Å²) in [4.78, 5) is 14.6. The molecule has 1 fully saturated rings. The largest absolute Gasteiger partial charge is 0.357 e. The average molecular weight is 420 g/mol. The van der Waals surface area contributed by atoms with E-state index in [2.05, 4.69) is 56.1 Å². The molecule has 0 unspecified atom stereocenters. The first-order valence-corrected chi connectivity index (χ1v) is 11.0. The highest BCUT2D eigenvalue weighted by atomic mass is 32.1. The topological polar surface area (TPSA) is 70.1 Å². The lowest BCUT2D eigenvalue weighted by molar-refractivity contribution is -0.111. The first-order chi connectivity index (χ1) is 14.7. The van der Waals surface area contributed by atoms with Gasteiger partial charge in [-0.3, -0.25) is 15.0 Å². The molecule has 2 aromatic carbocycles. The Balaban J connectivity index is 1.22. The molecular formula is C23H25N5OS. The van der Waals surface area contributed by atoms with Crippen LogP contribution < -0.4 is 10.6 Å². The van der Waals surface area contributed by atoms with Crippen LogP contribution in [-0.2, 0) is 11.3 Å². The molecule has 0 spiro atoms. The molecule has 30 heavy (non-hydrogen) atoms. The minimum absolute atomic E-state index is 0.212. The van der Waals surface area contributed by atoms with Crippen LogP contribution in [0.3, 0.4) is 0 Å². The van der Waals surface area contributed by atoms with Gasteiger partial charge in [-0.2, -0.15) is 0 Å². The zero-order valence-electron chi connectivity index (χ0n) is 16.7. The summed E-state index contributed by atoms with van der Waals surface area (Å²) in [5.74, 6) is -0.212. The van der Waals surface area contributed by atoms with E-state index < -0.39 is 0 Å². The Kier molecular flexibility index (Phi) is 6.84. The van der Waals surface area contributed by atoms with E-state index in [9.17, 15) is 4.79 Å². The maximum Gasteiger partial charge on any atom is 0.250 e. The number of hydrogen-bond acceptors (Lipinski definition) is 6. The zero-order chi connectivity index (χ0) is 20.6. The van der Waals surface area contributed by atoms with Gasteiger partial charge in [-0.25, -0.2) is 0 Å². The monoisotopic (exact) mass is 419 g/mol. The third-order valence-electron chi connectivity index (χ3n) is 5.05. The van der Waals surface area contributed by atoms with Gasteiger partial charge in [0, 0.05) is 31.8 Å². The molecule has 154 valence electrons. The minimum atomic E-state index is -0.212. The molecule has 3 aromatic rings. The van der Waals surface area contributed by atoms with Crippen molar-refractivity contribution in [2.45, 2.75) is 25.4 Å². The molecule has 2 N–H and O–H groups in total. The summed E-state index contributed by atoms with van der Waals surface area (Å²) >= 11 is 1.37. The molecule has 7 heteroatoms. The standard InChI is InChI=1S/C23H25N5OS/c29-21(12-11-18-7-3-1-4-8-18)25-23-27-26-22(30-23)24-20-13-15-28(16-14-20)17-19-9-5-2-6-10-19/h1-12,20H,13-17H2,(H,24,26)(H,25,27,29). The normalized spacial score (nSPS) is 15.3. The Morgan fingerprint density at radius 2 is 1.67 bits per heavy atom. The third kappa shape index (κ3) is 5.98. The zero-order valence-corrected chi connectivity index (χ0v) is 17.5. The summed E-state index contributed by atoms with van der Waals surface area (Å²) in [6.07, 6.45) is 5.41. The maximum atomic E-state index is 12.1. The van der Waals surface area contributed by atoms with Crippen molar-refractivity contribution in [3.8, 4) is 0 Å². The Bertz CT molecular complexity index is 966. The van der Waals surface area contributed by atoms with E-state index in [0.29, 0.717) is 11.2 Å². The van der Waals surface area contributed by atoms with E-state index in [1.54, 1.807) is 6.08 Å². The van der Waals surface area contributed by atoms with E-state index in [4.69, 9.17) is 0 Å². The highest BCUT2D eigenvalue weighted by Gasteiger charge is 2.20. The maximum absolute atomic E-state index is 12.1. The Hall–Kier alpha value is -3.03. The van der Waals surface area contributed by atoms with Gasteiger partial charge in [0.05, 0.1) is 0 Å². The fraction of sp³-hybridized carbons (Fsp3) is 0.261. The van der Waals surface area contributed by atoms with Crippen molar-refractivity contribution in [2.24, 2.45) is 0 Å². The number of aromatic nitrogens is 2. The number of carbonyl (C=O) groups excluding carboxylic acids is 1. The van der Waals surface area contributed by atoms with Gasteiger partial charge in [0.2, 0.25) is 16.2 Å². The van der Waals surface area contributed by atoms with E-state index in [1.165, 1.54) is 23.0 Å². The molecule has 1 amide bonds. The van der Waals surface area contributed by atoms with E-state index in [-0.39, 0.29) is 5.91 Å². The van der Waals surface area contributed by atoms with E-state index in [0.717, 1.165) is 43.2 Å². The van der Waals surface area contributed by atoms with Gasteiger partial charge in [-0.05, 0) is 30.0 Å². The van der Waals surface area contributed by atoms with Gasteiger partial charge in [0.1, 0.15) is 0 Å². The van der Waals surface area contributed by atoms with Gasteiger partial charge >= 0.3 is 0 Å². The fourth-order valence-corrected chi connectivity index (χ4v) is 4.19. The summed E-state index contributed by atoms with van der Waals surface area (Å²) in [6, 6.07) is 20.7. The lowest BCUT2D eigenvalue weighted by Gasteiger charge is -2.32. The van der Waals surface area contributed by atoms with Crippen LogP contribution >= 0.6 is 11.3 Å². The summed E-state index contributed by atoms with van der Waals surface area (Å²) in [6.45, 7) is 3.11. The van der Waals surface area contributed by atoms with Gasteiger partial charge < -0.3 is 5.32 Å². The summed E-state index contributed by atoms with van der Waals surface area (Å²) < 4.78 is 0. The van der Waals surface area contributed by atoms with Crippen molar-refractivity contribution < 1.29 is 4.79 Å². The van der Waals surface area contributed by atoms with Crippen LogP contribution in [0.2, 0.25) is 0 Å². The quantitative estimate of drug-likeness (QED) is 0.560. The molecule has 0 aliphatic carbocycles. The molecule has 1 aliphatic rings. The molecule has 1 saturated heterocycles. The predicted molar refractivity (Wildman–Crippen MR) is 122 cm³/mol. The number of carbonyl (C=O) groups is 1. The van der Waals surface area contributed by atoms with Gasteiger partial charge in [0.15, 0.2) is 0 Å². The molecule has 4 rings (SSSR count). The van der Waals surface area contributed by atoms with E-state index in [1.807, 2.05) is 30.3 Å². The summed E-state index contributed by atoms with van der Waals surface area (Å²) in [5.41, 5.74) is 2.33. The second-order valence-electron chi connectivity index (χ2n) is 7.33. The molecule has 1 aliphatic heterocycles. The second kappa shape index (κ2) is 10.1. The van der Waals surface area contributed by atoms with Gasteiger partial charge in [-0.15, -0.1) is 10.2 Å². The van der Waals surface area contributed by atoms with Crippen LogP contribution in [0.15, 0.2) is 66.7 Å². The molecule has 0 saturated carbocycles. The average Bonchev–Trinajstić information content (AvgIpc) is 3.22. The number of benzene rings is 2. The highest BCUT2D eigenvalue weighted by Crippen LogP contribution is 2.23. The Morgan fingerprint density at radius 1 is 1.00 bits per heavy atom. The van der Waals surface area contributed by atoms with Crippen LogP contribution in [0.1, 0.15) is 24.0 Å². The van der Waals surface area contributed by atoms with Crippen LogP contribution in [0, 0.1) is 0 Å². The number of nitrogens with one attached hydrogen (secondary N) is 2. The molecule has 6 nitrogen and oxygen atoms in total. The first-order valence-electron chi connectivity index (χ1n) is 10.1. The van der Waals surface area contributed by atoms with Crippen molar-refractivity contribution in [1.29, 1.82) is 0 Å². The lowest BCUT2D eigenvalue weighted by Crippen LogP contribution is -2.38. The third-order valence-corrected chi connectivity index (χ3v) is 5.82. The molecule has 0 bridgehead atoms. The fourth-order valence-electron chi connectivity index (χ4n) is 3.47. The predicted octanol–water partition coefficient (Wildman–Crippen LogP) is 4.27. The van der Waals surface area contributed by atoms with Crippen LogP contribution in [0.5, 0.6) is 0 Å². The van der Waals surface area contributed by atoms with Gasteiger partial charge in [-0.1, -0.05) is 72.0 Å². The molecular weight excluding hydrogens is 394 g/mol. The van der Waals surface area contributed by atoms with Crippen molar-refractivity contribution >= 4 is 33.6 Å². The number of anilines is 2. The molecule has 0 atom stereocenters. The van der Waals surface area contributed by atoms with Crippen LogP contribution in [-0.4, -0.2) is 40.1 Å².